The van der Waals surface area contributed by atoms with Gasteiger partial charge in [0.1, 0.15) is 36.0 Å². The zero-order valence-electron chi connectivity index (χ0n) is 21.0. The fraction of sp³-hybridized carbons (Fsp3) is 0.267. The van der Waals surface area contributed by atoms with Crippen molar-refractivity contribution in [2.24, 2.45) is 0 Å². The van der Waals surface area contributed by atoms with Crippen LogP contribution in [0.3, 0.4) is 0 Å². The van der Waals surface area contributed by atoms with Crippen molar-refractivity contribution >= 4 is 23.6 Å². The maximum absolute atomic E-state index is 12.7. The zero-order chi connectivity index (χ0) is 25.9. The Morgan fingerprint density at radius 1 is 0.703 bits per heavy atom. The molecule has 1 heterocycles. The summed E-state index contributed by atoms with van der Waals surface area (Å²) in [6, 6.07) is 23.8. The summed E-state index contributed by atoms with van der Waals surface area (Å²) >= 11 is 0. The van der Waals surface area contributed by atoms with Crippen LogP contribution in [0.25, 0.3) is 6.08 Å². The summed E-state index contributed by atoms with van der Waals surface area (Å²) in [5.74, 6) is 1.46. The van der Waals surface area contributed by atoms with Crippen molar-refractivity contribution in [2.75, 3.05) is 24.8 Å². The highest BCUT2D eigenvalue weighted by Gasteiger charge is 2.34. The van der Waals surface area contributed by atoms with Crippen LogP contribution in [0.4, 0.5) is 5.69 Å². The third-order valence-corrected chi connectivity index (χ3v) is 5.81. The Bertz CT molecular complexity index is 1190. The quantitative estimate of drug-likeness (QED) is 0.189. The summed E-state index contributed by atoms with van der Waals surface area (Å²) in [5.41, 5.74) is 4.02. The molecule has 7 heteroatoms. The van der Waals surface area contributed by atoms with E-state index in [0.717, 1.165) is 30.1 Å². The predicted octanol–water partition coefficient (Wildman–Crippen LogP) is 5.56. The molecule has 0 radical (unpaired) electrons. The highest BCUT2D eigenvalue weighted by atomic mass is 16.5. The second-order valence-electron chi connectivity index (χ2n) is 8.62. The van der Waals surface area contributed by atoms with Gasteiger partial charge in [-0.3, -0.25) is 15.0 Å². The van der Waals surface area contributed by atoms with Crippen molar-refractivity contribution in [1.82, 2.24) is 5.43 Å². The van der Waals surface area contributed by atoms with Gasteiger partial charge in [-0.05, 0) is 66.6 Å². The summed E-state index contributed by atoms with van der Waals surface area (Å²) in [4.78, 5) is 25.1. The first-order valence-corrected chi connectivity index (χ1v) is 12.6. The van der Waals surface area contributed by atoms with Gasteiger partial charge in [-0.15, -0.1) is 0 Å². The molecule has 7 nitrogen and oxygen atoms in total. The number of benzene rings is 3. The molecule has 37 heavy (non-hydrogen) atoms. The molecule has 3 aromatic rings. The van der Waals surface area contributed by atoms with Gasteiger partial charge in [0.2, 0.25) is 0 Å². The zero-order valence-corrected chi connectivity index (χ0v) is 21.0. The number of ether oxygens (including phenoxy) is 3. The minimum absolute atomic E-state index is 0.0823. The molecular formula is C30H32N2O5. The monoisotopic (exact) mass is 500 g/mol. The number of hydrogen-bond acceptors (Lipinski definition) is 5. The summed E-state index contributed by atoms with van der Waals surface area (Å²) < 4.78 is 17.3. The molecule has 1 aliphatic rings. The molecule has 0 atom stereocenters. The minimum Gasteiger partial charge on any atom is -0.494 e. The Balaban J connectivity index is 1.21. The number of nitrogens with zero attached hydrogens (tertiary/aromatic N) is 1. The lowest BCUT2D eigenvalue weighted by atomic mass is 10.1. The second-order valence-corrected chi connectivity index (χ2v) is 8.62. The smallest absolute Gasteiger partial charge is 0.282 e. The summed E-state index contributed by atoms with van der Waals surface area (Å²) in [5, 5.41) is 1.25. The van der Waals surface area contributed by atoms with E-state index >= 15 is 0 Å². The van der Waals surface area contributed by atoms with E-state index in [9.17, 15) is 9.59 Å². The van der Waals surface area contributed by atoms with Crippen molar-refractivity contribution in [1.29, 1.82) is 0 Å². The Morgan fingerprint density at radius 2 is 1.27 bits per heavy atom. The second kappa shape index (κ2) is 13.2. The number of nitrogens with one attached hydrogen (secondary N) is 1. The Hall–Kier alpha value is -4.26. The summed E-state index contributed by atoms with van der Waals surface area (Å²) in [6.07, 6.45) is 6.31. The van der Waals surface area contributed by atoms with Crippen LogP contribution in [0.1, 0.15) is 38.2 Å². The number of hydrazine groups is 1. The number of carbonyl (C=O) groups is 2. The van der Waals surface area contributed by atoms with Crippen LogP contribution in [0, 0.1) is 0 Å². The molecule has 1 aliphatic heterocycles. The Kier molecular flexibility index (Phi) is 9.18. The van der Waals surface area contributed by atoms with Crippen LogP contribution >= 0.6 is 0 Å². The van der Waals surface area contributed by atoms with Crippen LogP contribution in [0.2, 0.25) is 0 Å². The van der Waals surface area contributed by atoms with Gasteiger partial charge in [-0.1, -0.05) is 56.5 Å². The van der Waals surface area contributed by atoms with E-state index in [1.165, 1.54) is 24.3 Å². The SMILES string of the molecule is CCCCCCOc1ccc(OCCOc2ccc(C=C3C(=O)NN(c4ccccc4)C3=O)cc2)cc1. The van der Waals surface area contributed by atoms with E-state index < -0.39 is 5.91 Å². The molecule has 0 spiro atoms. The summed E-state index contributed by atoms with van der Waals surface area (Å²) in [6.45, 7) is 3.71. The molecule has 1 fully saturated rings. The number of hydrogen-bond donors (Lipinski definition) is 1. The van der Waals surface area contributed by atoms with Crippen molar-refractivity contribution in [3.05, 3.63) is 90.0 Å². The molecule has 1 N–H and O–H groups in total. The Labute approximate surface area is 217 Å². The Morgan fingerprint density at radius 3 is 1.86 bits per heavy atom. The van der Waals surface area contributed by atoms with Gasteiger partial charge in [0.05, 0.1) is 12.3 Å². The van der Waals surface area contributed by atoms with E-state index in [4.69, 9.17) is 14.2 Å². The predicted molar refractivity (Wildman–Crippen MR) is 144 cm³/mol. The molecular weight excluding hydrogens is 468 g/mol. The van der Waals surface area contributed by atoms with Gasteiger partial charge >= 0.3 is 0 Å². The number of anilines is 1. The van der Waals surface area contributed by atoms with Crippen LogP contribution in [-0.2, 0) is 9.59 Å². The van der Waals surface area contributed by atoms with Crippen molar-refractivity contribution < 1.29 is 23.8 Å². The topological polar surface area (TPSA) is 77.1 Å². The van der Waals surface area contributed by atoms with Gasteiger partial charge in [0, 0.05) is 0 Å². The third-order valence-electron chi connectivity index (χ3n) is 5.81. The number of carbonyl (C=O) groups excluding carboxylic acids is 2. The van der Waals surface area contributed by atoms with Crippen LogP contribution in [0.5, 0.6) is 17.2 Å². The molecule has 2 amide bonds. The van der Waals surface area contributed by atoms with Gasteiger partial charge in [0.15, 0.2) is 0 Å². The largest absolute Gasteiger partial charge is 0.494 e. The van der Waals surface area contributed by atoms with Crippen molar-refractivity contribution in [3.8, 4) is 17.2 Å². The van der Waals surface area contributed by atoms with Crippen molar-refractivity contribution in [3.63, 3.8) is 0 Å². The van der Waals surface area contributed by atoms with Gasteiger partial charge in [-0.25, -0.2) is 5.01 Å². The highest BCUT2D eigenvalue weighted by Crippen LogP contribution is 2.22. The van der Waals surface area contributed by atoms with Gasteiger partial charge in [-0.2, -0.15) is 0 Å². The van der Waals surface area contributed by atoms with Gasteiger partial charge < -0.3 is 14.2 Å². The maximum atomic E-state index is 12.7. The molecule has 0 unspecified atom stereocenters. The van der Waals surface area contributed by atoms with Crippen LogP contribution in [0.15, 0.2) is 84.4 Å². The normalized spacial score (nSPS) is 14.1. The average Bonchev–Trinajstić information content (AvgIpc) is 3.21. The molecule has 0 saturated carbocycles. The van der Waals surface area contributed by atoms with E-state index in [0.29, 0.717) is 24.7 Å². The molecule has 3 aromatic carbocycles. The van der Waals surface area contributed by atoms with E-state index in [-0.39, 0.29) is 11.5 Å². The van der Waals surface area contributed by atoms with E-state index in [1.54, 1.807) is 42.5 Å². The molecule has 0 aromatic heterocycles. The lowest BCUT2D eigenvalue weighted by Crippen LogP contribution is -2.35. The lowest BCUT2D eigenvalue weighted by Gasteiger charge is -2.13. The average molecular weight is 501 g/mol. The first kappa shape index (κ1) is 25.8. The van der Waals surface area contributed by atoms with Gasteiger partial charge in [0.25, 0.3) is 11.8 Å². The first-order valence-electron chi connectivity index (χ1n) is 12.6. The third kappa shape index (κ3) is 7.36. The fourth-order valence-electron chi connectivity index (χ4n) is 3.81. The maximum Gasteiger partial charge on any atom is 0.282 e. The van der Waals surface area contributed by atoms with Crippen molar-refractivity contribution in [2.45, 2.75) is 32.6 Å². The molecule has 4 rings (SSSR count). The minimum atomic E-state index is -0.433. The van der Waals surface area contributed by atoms with Crippen LogP contribution in [-0.4, -0.2) is 31.6 Å². The molecule has 192 valence electrons. The summed E-state index contributed by atoms with van der Waals surface area (Å²) in [7, 11) is 0. The highest BCUT2D eigenvalue weighted by molar-refractivity contribution is 6.31. The van der Waals surface area contributed by atoms with Crippen LogP contribution < -0.4 is 24.6 Å². The number of unbranched alkanes of at least 4 members (excludes halogenated alkanes) is 3. The molecule has 0 aliphatic carbocycles. The number of para-hydroxylation sites is 1. The lowest BCUT2D eigenvalue weighted by molar-refractivity contribution is -0.117. The first-order chi connectivity index (χ1) is 18.1. The molecule has 1 saturated heterocycles. The molecule has 0 bridgehead atoms. The van der Waals surface area contributed by atoms with E-state index in [2.05, 4.69) is 12.3 Å². The number of rotatable bonds is 13. The standard InChI is InChI=1S/C30H32N2O5/c1-2-3-4-8-19-35-26-15-17-27(18-16-26)37-21-20-36-25-13-11-23(12-14-25)22-28-29(33)31-32(30(28)34)24-9-6-5-7-10-24/h5-7,9-18,22H,2-4,8,19-21H2,1H3,(H,31,33). The van der Waals surface area contributed by atoms with E-state index in [1.807, 2.05) is 42.5 Å². The fourth-order valence-corrected chi connectivity index (χ4v) is 3.81. The number of amides is 2.